The van der Waals surface area contributed by atoms with Crippen LogP contribution in [0.4, 0.5) is 0 Å². The predicted octanol–water partition coefficient (Wildman–Crippen LogP) is 6.19. The van der Waals surface area contributed by atoms with Gasteiger partial charge in [-0.3, -0.25) is 9.59 Å². The van der Waals surface area contributed by atoms with Crippen molar-refractivity contribution >= 4 is 11.6 Å². The first-order valence-corrected chi connectivity index (χ1v) is 10.6. The van der Waals surface area contributed by atoms with Gasteiger partial charge >= 0.3 is 0 Å². The van der Waals surface area contributed by atoms with Crippen LogP contribution >= 0.6 is 0 Å². The van der Waals surface area contributed by atoms with Crippen LogP contribution in [-0.2, 0) is 22.4 Å². The molecule has 152 valence electrons. The average molecular weight is 375 g/mol. The summed E-state index contributed by atoms with van der Waals surface area (Å²) in [5, 5.41) is 9.95. The van der Waals surface area contributed by atoms with E-state index in [0.717, 1.165) is 12.8 Å². The lowest BCUT2D eigenvalue weighted by atomic mass is 9.76. The van der Waals surface area contributed by atoms with Crippen LogP contribution in [0.5, 0.6) is 5.75 Å². The predicted molar refractivity (Wildman–Crippen MR) is 112 cm³/mol. The first-order chi connectivity index (χ1) is 12.8. The van der Waals surface area contributed by atoms with Crippen LogP contribution in [0.3, 0.4) is 0 Å². The Morgan fingerprint density at radius 3 is 1.96 bits per heavy atom. The smallest absolute Gasteiger partial charge is 0.140 e. The van der Waals surface area contributed by atoms with Crippen LogP contribution in [0.25, 0.3) is 0 Å². The van der Waals surface area contributed by atoms with Crippen molar-refractivity contribution < 1.29 is 14.7 Å². The van der Waals surface area contributed by atoms with E-state index in [1.165, 1.54) is 49.7 Å². The Morgan fingerprint density at radius 2 is 1.44 bits per heavy atom. The maximum Gasteiger partial charge on any atom is 0.140 e. The summed E-state index contributed by atoms with van der Waals surface area (Å²) in [6.07, 6.45) is 10.9. The average Bonchev–Trinajstić information content (AvgIpc) is 2.56. The van der Waals surface area contributed by atoms with Crippen LogP contribution < -0.4 is 0 Å². The molecule has 1 fully saturated rings. The third-order valence-corrected chi connectivity index (χ3v) is 5.07. The second-order valence-electron chi connectivity index (χ2n) is 8.60. The molecule has 0 amide bonds. The van der Waals surface area contributed by atoms with Crippen molar-refractivity contribution in [1.82, 2.24) is 0 Å². The van der Waals surface area contributed by atoms with Gasteiger partial charge in [-0.15, -0.1) is 0 Å². The van der Waals surface area contributed by atoms with Gasteiger partial charge in [0.2, 0.25) is 0 Å². The molecule has 0 aromatic heterocycles. The third-order valence-electron chi connectivity index (χ3n) is 5.07. The van der Waals surface area contributed by atoms with Crippen molar-refractivity contribution in [2.24, 2.45) is 5.41 Å². The molecule has 0 aliphatic heterocycles. The number of benzene rings is 1. The van der Waals surface area contributed by atoms with E-state index in [-0.39, 0.29) is 23.4 Å². The molecule has 2 rings (SSSR count). The zero-order valence-electron chi connectivity index (χ0n) is 17.8. The molecule has 1 aromatic rings. The maximum atomic E-state index is 10.9. The molecular formula is C24H38O3. The molecule has 0 unspecified atom stereocenters. The second-order valence-corrected chi connectivity index (χ2v) is 8.60. The molecule has 0 spiro atoms. The van der Waals surface area contributed by atoms with E-state index >= 15 is 0 Å². The fourth-order valence-corrected chi connectivity index (χ4v) is 3.74. The van der Waals surface area contributed by atoms with E-state index in [9.17, 15) is 14.7 Å². The molecule has 0 radical (unpaired) electrons. The van der Waals surface area contributed by atoms with E-state index in [4.69, 9.17) is 0 Å². The summed E-state index contributed by atoms with van der Waals surface area (Å²) in [5.74, 6) is 0.692. The van der Waals surface area contributed by atoms with Crippen molar-refractivity contribution in [2.75, 3.05) is 0 Å². The van der Waals surface area contributed by atoms with E-state index in [2.05, 4.69) is 19.9 Å². The minimum Gasteiger partial charge on any atom is -0.508 e. The van der Waals surface area contributed by atoms with Gasteiger partial charge in [0.15, 0.2) is 0 Å². The number of Topliss-reactive ketones (excluding diaryl/α,β-unsaturated/α-hetero) is 2. The lowest BCUT2D eigenvalue weighted by Crippen LogP contribution is -2.28. The Bertz CT molecular complexity index is 584. The Balaban J connectivity index is 0.000000309. The number of rotatable bonds is 8. The lowest BCUT2D eigenvalue weighted by Gasteiger charge is -2.26. The molecule has 1 aliphatic rings. The summed E-state index contributed by atoms with van der Waals surface area (Å²) in [4.78, 5) is 21.7. The number of hydrogen-bond donors (Lipinski definition) is 1. The highest BCUT2D eigenvalue weighted by molar-refractivity contribution is 6.01. The fourth-order valence-electron chi connectivity index (χ4n) is 3.74. The van der Waals surface area contributed by atoms with E-state index in [1.807, 2.05) is 26.0 Å². The molecular weight excluding hydrogens is 336 g/mol. The Kier molecular flexibility index (Phi) is 10.4. The van der Waals surface area contributed by atoms with Crippen molar-refractivity contribution in [2.45, 2.75) is 98.3 Å². The van der Waals surface area contributed by atoms with Gasteiger partial charge < -0.3 is 5.11 Å². The van der Waals surface area contributed by atoms with Gasteiger partial charge in [0.1, 0.15) is 17.3 Å². The summed E-state index contributed by atoms with van der Waals surface area (Å²) in [7, 11) is 0. The third kappa shape index (κ3) is 9.21. The second kappa shape index (κ2) is 11.9. The van der Waals surface area contributed by atoms with Gasteiger partial charge in [0.25, 0.3) is 0 Å². The summed E-state index contributed by atoms with van der Waals surface area (Å²) in [6.45, 7) is 8.36. The fraction of sp³-hybridized carbons (Fsp3) is 0.667. The quantitative estimate of drug-likeness (QED) is 0.436. The van der Waals surface area contributed by atoms with E-state index in [0.29, 0.717) is 18.6 Å². The highest BCUT2D eigenvalue weighted by Gasteiger charge is 2.31. The van der Waals surface area contributed by atoms with Gasteiger partial charge in [-0.05, 0) is 48.3 Å². The van der Waals surface area contributed by atoms with Crippen molar-refractivity contribution in [1.29, 1.82) is 0 Å². The molecule has 0 bridgehead atoms. The van der Waals surface area contributed by atoms with Gasteiger partial charge in [0, 0.05) is 12.8 Å². The van der Waals surface area contributed by atoms with Crippen LogP contribution in [0.2, 0.25) is 0 Å². The van der Waals surface area contributed by atoms with Gasteiger partial charge in [0.05, 0.1) is 6.42 Å². The van der Waals surface area contributed by atoms with E-state index < -0.39 is 0 Å². The van der Waals surface area contributed by atoms with Gasteiger partial charge in [-0.2, -0.15) is 0 Å². The molecule has 3 heteroatoms. The van der Waals surface area contributed by atoms with Crippen LogP contribution in [0, 0.1) is 5.41 Å². The Labute approximate surface area is 165 Å². The number of carbonyl (C=O) groups is 2. The highest BCUT2D eigenvalue weighted by Crippen LogP contribution is 2.30. The first-order valence-electron chi connectivity index (χ1n) is 10.6. The van der Waals surface area contributed by atoms with Gasteiger partial charge in [-0.1, -0.05) is 65.5 Å². The number of aromatic hydroxyl groups is 1. The number of aryl methyl sites for hydroxylation is 1. The van der Waals surface area contributed by atoms with Crippen LogP contribution in [-0.4, -0.2) is 16.7 Å². The monoisotopic (exact) mass is 374 g/mol. The SMILES string of the molecule is CC1(C)CC(=O)CC(=O)C1.CCCCCc1cccc(O)c1CCCCC. The first kappa shape index (κ1) is 23.4. The Hall–Kier alpha value is -1.64. The van der Waals surface area contributed by atoms with Crippen molar-refractivity contribution in [3.05, 3.63) is 29.3 Å². The number of unbranched alkanes of at least 4 members (excludes halogenated alkanes) is 4. The minimum atomic E-state index is -0.0770. The number of carbonyl (C=O) groups excluding carboxylic acids is 2. The summed E-state index contributed by atoms with van der Waals surface area (Å²) in [6, 6.07) is 5.97. The summed E-state index contributed by atoms with van der Waals surface area (Å²) < 4.78 is 0. The number of hydrogen-bond acceptors (Lipinski definition) is 3. The molecule has 0 heterocycles. The molecule has 0 saturated heterocycles. The number of ketones is 2. The molecule has 1 aromatic carbocycles. The lowest BCUT2D eigenvalue weighted by molar-refractivity contribution is -0.133. The van der Waals surface area contributed by atoms with E-state index in [1.54, 1.807) is 0 Å². The standard InChI is InChI=1S/C16H26O.C8H12O2/c1-3-5-7-10-14-11-9-13-16(17)15(14)12-8-6-4-2;1-8(2)4-6(9)3-7(10)5-8/h9,11,13,17H,3-8,10,12H2,1-2H3;3-5H2,1-2H3. The van der Waals surface area contributed by atoms with Crippen molar-refractivity contribution in [3.63, 3.8) is 0 Å². The zero-order valence-corrected chi connectivity index (χ0v) is 17.8. The summed E-state index contributed by atoms with van der Waals surface area (Å²) >= 11 is 0. The topological polar surface area (TPSA) is 54.4 Å². The minimum absolute atomic E-state index is 0.0770. The van der Waals surface area contributed by atoms with Crippen molar-refractivity contribution in [3.8, 4) is 5.75 Å². The molecule has 1 N–H and O–H groups in total. The molecule has 1 saturated carbocycles. The number of phenols is 1. The largest absolute Gasteiger partial charge is 0.508 e. The maximum absolute atomic E-state index is 10.9. The zero-order chi connectivity index (χ0) is 20.3. The Morgan fingerprint density at radius 1 is 0.889 bits per heavy atom. The molecule has 1 aliphatic carbocycles. The van der Waals surface area contributed by atoms with Crippen LogP contribution in [0.15, 0.2) is 18.2 Å². The molecule has 27 heavy (non-hydrogen) atoms. The molecule has 3 nitrogen and oxygen atoms in total. The van der Waals surface area contributed by atoms with Crippen LogP contribution in [0.1, 0.15) is 96.6 Å². The normalized spacial score (nSPS) is 16.0. The molecule has 0 atom stereocenters. The summed E-state index contributed by atoms with van der Waals surface area (Å²) in [5.41, 5.74) is 2.47. The highest BCUT2D eigenvalue weighted by atomic mass is 16.3. The van der Waals surface area contributed by atoms with Gasteiger partial charge in [-0.25, -0.2) is 0 Å². The number of phenolic OH excluding ortho intramolecular Hbond substituents is 1.